The molecule has 2 aromatic rings. The van der Waals surface area contributed by atoms with Gasteiger partial charge in [0.1, 0.15) is 6.04 Å². The van der Waals surface area contributed by atoms with Gasteiger partial charge in [0.15, 0.2) is 0 Å². The topological polar surface area (TPSA) is 66.6 Å². The van der Waals surface area contributed by atoms with E-state index in [0.29, 0.717) is 26.1 Å². The molecular weight excluding hydrogens is 326 g/mol. The molecule has 5 nitrogen and oxygen atoms in total. The van der Waals surface area contributed by atoms with Gasteiger partial charge in [-0.1, -0.05) is 54.6 Å². The fourth-order valence-corrected chi connectivity index (χ4v) is 4.24. The number of nitrogens with zero attached hydrogens (tertiary/aromatic N) is 2. The van der Waals surface area contributed by atoms with Gasteiger partial charge in [0.25, 0.3) is 0 Å². The molecule has 0 bridgehead atoms. The zero-order valence-electron chi connectivity index (χ0n) is 14.7. The molecule has 1 saturated heterocycles. The van der Waals surface area contributed by atoms with Crippen molar-refractivity contribution in [2.45, 2.75) is 31.3 Å². The van der Waals surface area contributed by atoms with E-state index in [1.165, 1.54) is 21.6 Å². The monoisotopic (exact) mass is 349 g/mol. The molecule has 3 amide bonds. The Morgan fingerprint density at radius 1 is 1.00 bits per heavy atom. The van der Waals surface area contributed by atoms with Gasteiger partial charge in [-0.2, -0.15) is 0 Å². The highest BCUT2D eigenvalue weighted by molar-refractivity contribution is 5.87. The van der Waals surface area contributed by atoms with Crippen LogP contribution in [0.1, 0.15) is 35.4 Å². The van der Waals surface area contributed by atoms with Crippen molar-refractivity contribution in [1.82, 2.24) is 9.80 Å². The fourth-order valence-electron chi connectivity index (χ4n) is 4.24. The van der Waals surface area contributed by atoms with E-state index in [1.807, 2.05) is 29.2 Å². The molecule has 1 fully saturated rings. The first-order valence-corrected chi connectivity index (χ1v) is 9.13. The van der Waals surface area contributed by atoms with E-state index in [0.717, 1.165) is 6.42 Å². The predicted octanol–water partition coefficient (Wildman–Crippen LogP) is 2.70. The lowest BCUT2D eigenvalue weighted by Crippen LogP contribution is -2.51. The average molecular weight is 349 g/mol. The second-order valence-corrected chi connectivity index (χ2v) is 7.07. The molecule has 0 radical (unpaired) electrons. The van der Waals surface area contributed by atoms with Crippen molar-refractivity contribution in [2.75, 3.05) is 13.1 Å². The lowest BCUT2D eigenvalue weighted by molar-refractivity contribution is -0.136. The van der Waals surface area contributed by atoms with Crippen LogP contribution in [-0.4, -0.2) is 40.9 Å². The Bertz CT molecular complexity index is 821. The van der Waals surface area contributed by atoms with E-state index >= 15 is 0 Å². The molecule has 2 N–H and O–H groups in total. The van der Waals surface area contributed by atoms with Gasteiger partial charge in [0.05, 0.1) is 0 Å². The van der Waals surface area contributed by atoms with Gasteiger partial charge in [0, 0.05) is 25.6 Å². The summed E-state index contributed by atoms with van der Waals surface area (Å²) < 4.78 is 0. The second kappa shape index (κ2) is 6.83. The summed E-state index contributed by atoms with van der Waals surface area (Å²) in [7, 11) is 0. The molecule has 2 heterocycles. The van der Waals surface area contributed by atoms with Crippen LogP contribution in [0.4, 0.5) is 4.79 Å². The number of rotatable bonds is 2. The fraction of sp³-hybridized carbons (Fsp3) is 0.333. The number of primary amides is 1. The van der Waals surface area contributed by atoms with Crippen molar-refractivity contribution < 1.29 is 9.59 Å². The predicted molar refractivity (Wildman–Crippen MR) is 99.5 cm³/mol. The Labute approximate surface area is 153 Å². The third-order valence-corrected chi connectivity index (χ3v) is 5.53. The summed E-state index contributed by atoms with van der Waals surface area (Å²) in [6.07, 6.45) is 1.52. The van der Waals surface area contributed by atoms with Crippen LogP contribution in [0.25, 0.3) is 0 Å². The van der Waals surface area contributed by atoms with Crippen molar-refractivity contribution in [2.24, 2.45) is 5.73 Å². The number of fused-ring (bicyclic) bond motifs is 1. The molecule has 2 atom stereocenters. The summed E-state index contributed by atoms with van der Waals surface area (Å²) in [5.41, 5.74) is 9.12. The Morgan fingerprint density at radius 3 is 2.50 bits per heavy atom. The standard InChI is InChI=1S/C21H23N3O2/c22-21(26)24-12-6-11-19(24)20(25)23-13-16-9-4-5-10-17(16)18(14-23)15-7-2-1-3-8-15/h1-5,7-10,18-19H,6,11-14H2,(H2,22,26)/t18?,19-/m0/s1. The lowest BCUT2D eigenvalue weighted by atomic mass is 9.84. The number of benzene rings is 2. The SMILES string of the molecule is NC(=O)N1CCC[C@H]1C(=O)N1Cc2ccccc2C(c2ccccc2)C1. The maximum absolute atomic E-state index is 13.2. The molecule has 0 aromatic heterocycles. The molecule has 0 spiro atoms. The van der Waals surface area contributed by atoms with Crippen LogP contribution in [0, 0.1) is 0 Å². The van der Waals surface area contributed by atoms with E-state index in [-0.39, 0.29) is 11.8 Å². The first-order chi connectivity index (χ1) is 12.6. The Balaban J connectivity index is 1.65. The highest BCUT2D eigenvalue weighted by atomic mass is 16.2. The van der Waals surface area contributed by atoms with Crippen LogP contribution in [0.15, 0.2) is 54.6 Å². The van der Waals surface area contributed by atoms with E-state index < -0.39 is 12.1 Å². The van der Waals surface area contributed by atoms with Gasteiger partial charge in [-0.3, -0.25) is 4.79 Å². The highest BCUT2D eigenvalue weighted by Gasteiger charge is 2.38. The summed E-state index contributed by atoms with van der Waals surface area (Å²) in [6.45, 7) is 1.78. The van der Waals surface area contributed by atoms with Crippen LogP contribution < -0.4 is 5.73 Å². The molecular formula is C21H23N3O2. The Morgan fingerprint density at radius 2 is 1.73 bits per heavy atom. The van der Waals surface area contributed by atoms with Crippen molar-refractivity contribution in [3.8, 4) is 0 Å². The Hall–Kier alpha value is -2.82. The molecule has 2 aliphatic rings. The number of hydrogen-bond donors (Lipinski definition) is 1. The first kappa shape index (κ1) is 16.6. The van der Waals surface area contributed by atoms with E-state index in [4.69, 9.17) is 5.73 Å². The van der Waals surface area contributed by atoms with Gasteiger partial charge >= 0.3 is 6.03 Å². The summed E-state index contributed by atoms with van der Waals surface area (Å²) in [4.78, 5) is 28.2. The minimum atomic E-state index is -0.502. The van der Waals surface area contributed by atoms with Gasteiger partial charge in [-0.15, -0.1) is 0 Å². The molecule has 0 saturated carbocycles. The van der Waals surface area contributed by atoms with Gasteiger partial charge in [-0.25, -0.2) is 4.79 Å². The maximum Gasteiger partial charge on any atom is 0.315 e. The highest BCUT2D eigenvalue weighted by Crippen LogP contribution is 2.34. The van der Waals surface area contributed by atoms with E-state index in [2.05, 4.69) is 30.3 Å². The summed E-state index contributed by atoms with van der Waals surface area (Å²) in [5, 5.41) is 0. The maximum atomic E-state index is 13.2. The smallest absolute Gasteiger partial charge is 0.315 e. The lowest BCUT2D eigenvalue weighted by Gasteiger charge is -2.37. The van der Waals surface area contributed by atoms with Crippen LogP contribution >= 0.6 is 0 Å². The third kappa shape index (κ3) is 2.94. The summed E-state index contributed by atoms with van der Waals surface area (Å²) >= 11 is 0. The minimum absolute atomic E-state index is 0.0109. The minimum Gasteiger partial charge on any atom is -0.351 e. The van der Waals surface area contributed by atoms with Gasteiger partial charge < -0.3 is 15.5 Å². The third-order valence-electron chi connectivity index (χ3n) is 5.53. The van der Waals surface area contributed by atoms with E-state index in [1.54, 1.807) is 0 Å². The van der Waals surface area contributed by atoms with Crippen molar-refractivity contribution >= 4 is 11.9 Å². The van der Waals surface area contributed by atoms with Crippen LogP contribution in [0.2, 0.25) is 0 Å². The Kier molecular flexibility index (Phi) is 4.37. The number of carbonyl (C=O) groups excluding carboxylic acids is 2. The zero-order valence-corrected chi connectivity index (χ0v) is 14.7. The van der Waals surface area contributed by atoms with Crippen molar-refractivity contribution in [3.05, 3.63) is 71.3 Å². The second-order valence-electron chi connectivity index (χ2n) is 7.07. The van der Waals surface area contributed by atoms with Crippen LogP contribution in [0.3, 0.4) is 0 Å². The normalized spacial score (nSPS) is 22.2. The molecule has 5 heteroatoms. The van der Waals surface area contributed by atoms with Crippen molar-refractivity contribution in [3.63, 3.8) is 0 Å². The summed E-state index contributed by atoms with van der Waals surface area (Å²) in [5.74, 6) is 0.158. The van der Waals surface area contributed by atoms with E-state index in [9.17, 15) is 9.59 Å². The number of likely N-dealkylation sites (tertiary alicyclic amines) is 1. The molecule has 2 aromatic carbocycles. The number of carbonyl (C=O) groups is 2. The zero-order chi connectivity index (χ0) is 18.1. The van der Waals surface area contributed by atoms with Crippen LogP contribution in [-0.2, 0) is 11.3 Å². The molecule has 134 valence electrons. The van der Waals surface area contributed by atoms with Crippen LogP contribution in [0.5, 0.6) is 0 Å². The largest absolute Gasteiger partial charge is 0.351 e. The number of hydrogen-bond acceptors (Lipinski definition) is 2. The number of amides is 3. The first-order valence-electron chi connectivity index (χ1n) is 9.13. The molecule has 2 aliphatic heterocycles. The summed E-state index contributed by atoms with van der Waals surface area (Å²) in [6, 6.07) is 17.7. The van der Waals surface area contributed by atoms with Gasteiger partial charge in [-0.05, 0) is 29.5 Å². The number of nitrogens with two attached hydrogens (primary N) is 1. The quantitative estimate of drug-likeness (QED) is 0.906. The molecule has 1 unspecified atom stereocenters. The van der Waals surface area contributed by atoms with Gasteiger partial charge in [0.2, 0.25) is 5.91 Å². The molecule has 26 heavy (non-hydrogen) atoms. The van der Waals surface area contributed by atoms with Crippen molar-refractivity contribution in [1.29, 1.82) is 0 Å². The molecule has 0 aliphatic carbocycles. The average Bonchev–Trinajstić information content (AvgIpc) is 3.17. The number of urea groups is 1. The molecule has 4 rings (SSSR count).